The van der Waals surface area contributed by atoms with E-state index in [1.54, 1.807) is 26.0 Å². The Balaban J connectivity index is 2.10. The Kier molecular flexibility index (Phi) is 5.50. The summed E-state index contributed by atoms with van der Waals surface area (Å²) in [6, 6.07) is 8.22. The number of hydrogen-bond acceptors (Lipinski definition) is 5. The van der Waals surface area contributed by atoms with Gasteiger partial charge in [0.05, 0.1) is 5.75 Å². The molecule has 0 bridgehead atoms. The van der Waals surface area contributed by atoms with E-state index in [0.29, 0.717) is 12.3 Å². The van der Waals surface area contributed by atoms with Gasteiger partial charge in [-0.15, -0.1) is 11.8 Å². The van der Waals surface area contributed by atoms with Gasteiger partial charge >= 0.3 is 0 Å². The number of hydrogen-bond donors (Lipinski definition) is 0. The maximum absolute atomic E-state index is 12.1. The third kappa shape index (κ3) is 3.70. The van der Waals surface area contributed by atoms with Crippen LogP contribution in [0.2, 0.25) is 0 Å². The Morgan fingerprint density at radius 3 is 2.43 bits per heavy atom. The van der Waals surface area contributed by atoms with Gasteiger partial charge in [-0.25, -0.2) is 0 Å². The summed E-state index contributed by atoms with van der Waals surface area (Å²) in [6.07, 6.45) is -0.400. The molecule has 116 valence electrons. The van der Waals surface area contributed by atoms with Crippen molar-refractivity contribution in [1.29, 1.82) is 0 Å². The molecule has 1 unspecified atom stereocenters. The summed E-state index contributed by atoms with van der Waals surface area (Å²) >= 11 is 1.56. The molecular formula is C15H22N2O3S. The van der Waals surface area contributed by atoms with E-state index < -0.39 is 6.29 Å². The van der Waals surface area contributed by atoms with Crippen molar-refractivity contribution in [3.05, 3.63) is 29.8 Å². The molecule has 1 atom stereocenters. The first-order chi connectivity index (χ1) is 10.1. The van der Waals surface area contributed by atoms with Crippen molar-refractivity contribution in [1.82, 2.24) is 4.90 Å². The average Bonchev–Trinajstić information content (AvgIpc) is 2.83. The number of carbonyl (C=O) groups excluding carboxylic acids is 1. The zero-order valence-corrected chi connectivity index (χ0v) is 13.7. The Bertz CT molecular complexity index is 474. The largest absolute Gasteiger partial charge is 0.378 e. The van der Waals surface area contributed by atoms with Gasteiger partial charge in [0.1, 0.15) is 5.37 Å². The van der Waals surface area contributed by atoms with E-state index in [2.05, 4.69) is 29.2 Å². The number of anilines is 1. The molecule has 1 aromatic rings. The van der Waals surface area contributed by atoms with Gasteiger partial charge in [-0.3, -0.25) is 4.79 Å². The summed E-state index contributed by atoms with van der Waals surface area (Å²) in [7, 11) is 7.21. The molecular weight excluding hydrogens is 288 g/mol. The summed E-state index contributed by atoms with van der Waals surface area (Å²) in [4.78, 5) is 16.0. The van der Waals surface area contributed by atoms with Crippen LogP contribution in [0.15, 0.2) is 24.3 Å². The van der Waals surface area contributed by atoms with Crippen LogP contribution in [0.25, 0.3) is 0 Å². The second kappa shape index (κ2) is 7.15. The number of thioether (sulfide) groups is 1. The predicted molar refractivity (Wildman–Crippen MR) is 85.4 cm³/mol. The standard InChI is InChI=1S/C15H22N2O3S/c1-16(2)12-7-5-11(6-8-12)9-17-13(18)10-21-14(17)15(19-3)20-4/h5-8,14-15H,9-10H2,1-4H3. The molecule has 1 fully saturated rings. The smallest absolute Gasteiger partial charge is 0.234 e. The Morgan fingerprint density at radius 2 is 1.90 bits per heavy atom. The van der Waals surface area contributed by atoms with E-state index in [9.17, 15) is 4.79 Å². The molecule has 0 N–H and O–H groups in total. The van der Waals surface area contributed by atoms with Gasteiger partial charge in [0, 0.05) is 40.5 Å². The molecule has 0 radical (unpaired) electrons. The molecule has 0 saturated carbocycles. The summed E-state index contributed by atoms with van der Waals surface area (Å²) in [6.45, 7) is 0.577. The van der Waals surface area contributed by atoms with Gasteiger partial charge in [0.25, 0.3) is 0 Å². The minimum atomic E-state index is -0.400. The van der Waals surface area contributed by atoms with E-state index in [4.69, 9.17) is 9.47 Å². The first-order valence-electron chi connectivity index (χ1n) is 6.79. The summed E-state index contributed by atoms with van der Waals surface area (Å²) in [5.41, 5.74) is 2.25. The first-order valence-corrected chi connectivity index (χ1v) is 7.84. The van der Waals surface area contributed by atoms with Gasteiger partial charge in [-0.1, -0.05) is 12.1 Å². The Labute approximate surface area is 130 Å². The van der Waals surface area contributed by atoms with E-state index in [0.717, 1.165) is 11.3 Å². The maximum atomic E-state index is 12.1. The summed E-state index contributed by atoms with van der Waals surface area (Å²) in [5, 5.41) is -0.0963. The molecule has 2 rings (SSSR count). The highest BCUT2D eigenvalue weighted by Crippen LogP contribution is 2.30. The second-order valence-electron chi connectivity index (χ2n) is 5.12. The maximum Gasteiger partial charge on any atom is 0.234 e. The molecule has 1 heterocycles. The van der Waals surface area contributed by atoms with Gasteiger partial charge in [-0.05, 0) is 17.7 Å². The normalized spacial score (nSPS) is 18.6. The molecule has 1 aliphatic heterocycles. The number of ether oxygens (including phenoxy) is 2. The van der Waals surface area contributed by atoms with Crippen LogP contribution in [-0.2, 0) is 20.8 Å². The van der Waals surface area contributed by atoms with Crippen LogP contribution >= 0.6 is 11.8 Å². The zero-order chi connectivity index (χ0) is 15.4. The SMILES string of the molecule is COC(OC)C1SCC(=O)N1Cc1ccc(N(C)C)cc1. The lowest BCUT2D eigenvalue weighted by Crippen LogP contribution is -2.41. The highest BCUT2D eigenvalue weighted by atomic mass is 32.2. The number of methoxy groups -OCH3 is 2. The minimum Gasteiger partial charge on any atom is -0.378 e. The molecule has 1 amide bonds. The number of nitrogens with zero attached hydrogens (tertiary/aromatic N) is 2. The molecule has 0 aromatic heterocycles. The van der Waals surface area contributed by atoms with E-state index in [-0.39, 0.29) is 11.3 Å². The zero-order valence-electron chi connectivity index (χ0n) is 12.9. The van der Waals surface area contributed by atoms with Gasteiger partial charge in [0.15, 0.2) is 6.29 Å². The van der Waals surface area contributed by atoms with Crippen LogP contribution in [-0.4, -0.2) is 56.5 Å². The highest BCUT2D eigenvalue weighted by molar-refractivity contribution is 8.01. The van der Waals surface area contributed by atoms with Crippen LogP contribution < -0.4 is 4.90 Å². The Hall–Kier alpha value is -1.24. The monoisotopic (exact) mass is 310 g/mol. The van der Waals surface area contributed by atoms with Gasteiger partial charge in [-0.2, -0.15) is 0 Å². The lowest BCUT2D eigenvalue weighted by Gasteiger charge is -2.29. The fourth-order valence-electron chi connectivity index (χ4n) is 2.30. The van der Waals surface area contributed by atoms with Crippen molar-refractivity contribution in [2.75, 3.05) is 39.0 Å². The number of amides is 1. The van der Waals surface area contributed by atoms with Crippen molar-refractivity contribution in [2.45, 2.75) is 18.2 Å². The highest BCUT2D eigenvalue weighted by Gasteiger charge is 2.37. The average molecular weight is 310 g/mol. The van der Waals surface area contributed by atoms with Gasteiger partial charge in [0.2, 0.25) is 5.91 Å². The second-order valence-corrected chi connectivity index (χ2v) is 6.23. The van der Waals surface area contributed by atoms with Crippen LogP contribution in [0.5, 0.6) is 0 Å². The molecule has 5 nitrogen and oxygen atoms in total. The molecule has 21 heavy (non-hydrogen) atoms. The quantitative estimate of drug-likeness (QED) is 0.749. The topological polar surface area (TPSA) is 42.0 Å². The molecule has 6 heteroatoms. The fraction of sp³-hybridized carbons (Fsp3) is 0.533. The van der Waals surface area contributed by atoms with Crippen molar-refractivity contribution in [2.24, 2.45) is 0 Å². The van der Waals surface area contributed by atoms with Crippen molar-refractivity contribution in [3.8, 4) is 0 Å². The third-order valence-electron chi connectivity index (χ3n) is 3.51. The molecule has 0 aliphatic carbocycles. The first kappa shape index (κ1) is 16.1. The van der Waals surface area contributed by atoms with Crippen LogP contribution in [0.1, 0.15) is 5.56 Å². The lowest BCUT2D eigenvalue weighted by molar-refractivity contribution is -0.146. The van der Waals surface area contributed by atoms with Crippen molar-refractivity contribution >= 4 is 23.4 Å². The van der Waals surface area contributed by atoms with Crippen molar-refractivity contribution in [3.63, 3.8) is 0 Å². The fourth-order valence-corrected chi connectivity index (χ4v) is 3.53. The molecule has 1 aromatic carbocycles. The van der Waals surface area contributed by atoms with Crippen LogP contribution in [0.4, 0.5) is 5.69 Å². The number of benzene rings is 1. The number of rotatable bonds is 6. The molecule has 1 saturated heterocycles. The number of carbonyl (C=O) groups is 1. The third-order valence-corrected chi connectivity index (χ3v) is 4.74. The minimum absolute atomic E-state index is 0.0963. The predicted octanol–water partition coefficient (Wildman–Crippen LogP) is 1.77. The van der Waals surface area contributed by atoms with Crippen molar-refractivity contribution < 1.29 is 14.3 Å². The van der Waals surface area contributed by atoms with Gasteiger partial charge < -0.3 is 19.3 Å². The van der Waals surface area contributed by atoms with Crippen LogP contribution in [0.3, 0.4) is 0 Å². The molecule has 1 aliphatic rings. The molecule has 0 spiro atoms. The lowest BCUT2D eigenvalue weighted by atomic mass is 10.2. The van der Waals surface area contributed by atoms with E-state index >= 15 is 0 Å². The summed E-state index contributed by atoms with van der Waals surface area (Å²) < 4.78 is 10.6. The Morgan fingerprint density at radius 1 is 1.29 bits per heavy atom. The van der Waals surface area contributed by atoms with E-state index in [1.807, 2.05) is 19.0 Å². The van der Waals surface area contributed by atoms with Crippen LogP contribution in [0, 0.1) is 0 Å². The summed E-state index contributed by atoms with van der Waals surface area (Å²) in [5.74, 6) is 0.602. The van der Waals surface area contributed by atoms with E-state index in [1.165, 1.54) is 0 Å².